The van der Waals surface area contributed by atoms with Crippen LogP contribution < -0.4 is 5.56 Å². The average Bonchev–Trinajstić information content (AvgIpc) is 3.12. The topological polar surface area (TPSA) is 61.2 Å². The molecule has 1 saturated heterocycles. The van der Waals surface area contributed by atoms with E-state index in [-0.39, 0.29) is 16.8 Å². The Bertz CT molecular complexity index is 1080. The highest BCUT2D eigenvalue weighted by Crippen LogP contribution is 2.30. The number of nitrogens with zero attached hydrogens (tertiary/aromatic N) is 2. The lowest BCUT2D eigenvalue weighted by molar-refractivity contribution is -0.137. The molecule has 0 aliphatic carbocycles. The summed E-state index contributed by atoms with van der Waals surface area (Å²) in [5.41, 5.74) is 2.50. The summed E-state index contributed by atoms with van der Waals surface area (Å²) >= 11 is 1.30. The maximum absolute atomic E-state index is 13.3. The van der Waals surface area contributed by atoms with Crippen molar-refractivity contribution in [2.24, 2.45) is 0 Å². The van der Waals surface area contributed by atoms with E-state index in [0.29, 0.717) is 35.0 Å². The summed E-state index contributed by atoms with van der Waals surface area (Å²) in [4.78, 5) is 29.9. The highest BCUT2D eigenvalue weighted by Gasteiger charge is 2.29. The van der Waals surface area contributed by atoms with Crippen LogP contribution in [-0.4, -0.2) is 27.4 Å². The van der Waals surface area contributed by atoms with Crippen molar-refractivity contribution in [3.05, 3.63) is 64.4 Å². The second kappa shape index (κ2) is 7.80. The van der Waals surface area contributed by atoms with Crippen molar-refractivity contribution in [1.29, 1.82) is 0 Å². The van der Waals surface area contributed by atoms with Gasteiger partial charge in [-0.05, 0) is 42.2 Å². The summed E-state index contributed by atoms with van der Waals surface area (Å²) in [5, 5.41) is 0.745. The van der Waals surface area contributed by atoms with E-state index >= 15 is 0 Å². The number of thioether (sulfide) groups is 1. The van der Waals surface area contributed by atoms with E-state index in [1.54, 1.807) is 10.6 Å². The summed E-state index contributed by atoms with van der Waals surface area (Å²) in [6, 6.07) is 15.3. The lowest BCUT2D eigenvalue weighted by Gasteiger charge is -2.16. The first kappa shape index (κ1) is 18.7. The number of cyclic esters (lactones) is 1. The highest BCUT2D eigenvalue weighted by atomic mass is 32.2. The molecule has 1 aromatic heterocycles. The third-order valence-corrected chi connectivity index (χ3v) is 6.41. The Morgan fingerprint density at radius 3 is 2.61 bits per heavy atom. The Morgan fingerprint density at radius 1 is 1.18 bits per heavy atom. The fraction of sp³-hybridized carbons (Fsp3) is 0.318. The van der Waals surface area contributed by atoms with Gasteiger partial charge in [0.25, 0.3) is 5.56 Å². The van der Waals surface area contributed by atoms with E-state index in [0.717, 1.165) is 12.1 Å². The van der Waals surface area contributed by atoms with Crippen LogP contribution in [0, 0.1) is 0 Å². The SMILES string of the molecule is CC[C@H](C)c1ccc(-n2c(S[C@H]3CCOC3=O)nc3ccccc3c2=O)cc1. The van der Waals surface area contributed by atoms with E-state index in [1.165, 1.54) is 17.3 Å². The number of aromatic nitrogens is 2. The molecule has 0 saturated carbocycles. The van der Waals surface area contributed by atoms with Crippen LogP contribution in [0.2, 0.25) is 0 Å². The zero-order valence-electron chi connectivity index (χ0n) is 15.9. The summed E-state index contributed by atoms with van der Waals surface area (Å²) in [7, 11) is 0. The van der Waals surface area contributed by atoms with Gasteiger partial charge in [0, 0.05) is 6.42 Å². The first-order valence-electron chi connectivity index (χ1n) is 9.54. The van der Waals surface area contributed by atoms with E-state index in [1.807, 2.05) is 30.3 Å². The fourth-order valence-electron chi connectivity index (χ4n) is 3.32. The number of esters is 1. The number of para-hydroxylation sites is 1. The zero-order valence-corrected chi connectivity index (χ0v) is 16.7. The number of carbonyl (C=O) groups excluding carboxylic acids is 1. The molecule has 0 N–H and O–H groups in total. The number of hydrogen-bond acceptors (Lipinski definition) is 5. The molecule has 2 heterocycles. The monoisotopic (exact) mass is 394 g/mol. The van der Waals surface area contributed by atoms with Gasteiger partial charge in [-0.25, -0.2) is 4.98 Å². The first-order chi connectivity index (χ1) is 13.6. The molecule has 2 aromatic carbocycles. The van der Waals surface area contributed by atoms with Gasteiger partial charge in [0.1, 0.15) is 5.25 Å². The quantitative estimate of drug-likeness (QED) is 0.477. The third-order valence-electron chi connectivity index (χ3n) is 5.21. The van der Waals surface area contributed by atoms with Crippen molar-refractivity contribution in [3.8, 4) is 5.69 Å². The van der Waals surface area contributed by atoms with Crippen LogP contribution in [0.4, 0.5) is 0 Å². The normalized spacial score (nSPS) is 17.6. The van der Waals surface area contributed by atoms with Crippen molar-refractivity contribution in [2.75, 3.05) is 6.61 Å². The van der Waals surface area contributed by atoms with Crippen LogP contribution in [0.1, 0.15) is 38.2 Å². The van der Waals surface area contributed by atoms with Crippen molar-refractivity contribution in [1.82, 2.24) is 9.55 Å². The van der Waals surface area contributed by atoms with Gasteiger partial charge in [-0.1, -0.05) is 49.9 Å². The summed E-state index contributed by atoms with van der Waals surface area (Å²) < 4.78 is 6.69. The van der Waals surface area contributed by atoms with Gasteiger partial charge in [-0.3, -0.25) is 14.2 Å². The summed E-state index contributed by atoms with van der Waals surface area (Å²) in [6.07, 6.45) is 1.68. The second-order valence-electron chi connectivity index (χ2n) is 7.02. The minimum absolute atomic E-state index is 0.129. The number of benzene rings is 2. The van der Waals surface area contributed by atoms with E-state index < -0.39 is 0 Å². The second-order valence-corrected chi connectivity index (χ2v) is 8.19. The van der Waals surface area contributed by atoms with Gasteiger partial charge < -0.3 is 4.74 Å². The Balaban J connectivity index is 1.85. The first-order valence-corrected chi connectivity index (χ1v) is 10.4. The summed E-state index contributed by atoms with van der Waals surface area (Å²) in [5.74, 6) is 0.216. The molecule has 0 bridgehead atoms. The van der Waals surface area contributed by atoms with E-state index in [2.05, 4.69) is 26.0 Å². The molecule has 4 rings (SSSR count). The van der Waals surface area contributed by atoms with Gasteiger partial charge >= 0.3 is 5.97 Å². The fourth-order valence-corrected chi connectivity index (χ4v) is 4.40. The minimum atomic E-state index is -0.335. The van der Waals surface area contributed by atoms with Gasteiger partial charge in [0.05, 0.1) is 23.2 Å². The molecule has 0 unspecified atom stereocenters. The Kier molecular flexibility index (Phi) is 5.22. The number of ether oxygens (including phenoxy) is 1. The van der Waals surface area contributed by atoms with Gasteiger partial charge in [-0.2, -0.15) is 0 Å². The molecular weight excluding hydrogens is 372 g/mol. The van der Waals surface area contributed by atoms with Crippen molar-refractivity contribution in [3.63, 3.8) is 0 Å². The average molecular weight is 394 g/mol. The lowest BCUT2D eigenvalue weighted by atomic mass is 9.98. The molecule has 0 spiro atoms. The molecule has 28 heavy (non-hydrogen) atoms. The van der Waals surface area contributed by atoms with E-state index in [4.69, 9.17) is 9.72 Å². The molecule has 1 fully saturated rings. The largest absolute Gasteiger partial charge is 0.465 e. The predicted molar refractivity (Wildman–Crippen MR) is 111 cm³/mol. The molecule has 1 aliphatic rings. The number of hydrogen-bond donors (Lipinski definition) is 0. The molecular formula is C22H22N2O3S. The maximum Gasteiger partial charge on any atom is 0.319 e. The standard InChI is InChI=1S/C22H22N2O3S/c1-3-14(2)15-8-10-16(11-9-15)24-20(25)17-6-4-5-7-18(17)23-22(24)28-19-12-13-27-21(19)26/h4-11,14,19H,3,12-13H2,1-2H3/t14-,19-/m0/s1. The van der Waals surface area contributed by atoms with Crippen LogP contribution >= 0.6 is 11.8 Å². The van der Waals surface area contributed by atoms with Crippen LogP contribution in [0.25, 0.3) is 16.6 Å². The Labute approximate surface area is 167 Å². The Hall–Kier alpha value is -2.60. The zero-order chi connectivity index (χ0) is 19.7. The minimum Gasteiger partial charge on any atom is -0.465 e. The molecule has 0 radical (unpaired) electrons. The molecule has 1 aliphatic heterocycles. The van der Waals surface area contributed by atoms with Crippen molar-refractivity contribution < 1.29 is 9.53 Å². The number of rotatable bonds is 5. The van der Waals surface area contributed by atoms with Crippen molar-refractivity contribution >= 4 is 28.6 Å². The van der Waals surface area contributed by atoms with Crippen LogP contribution in [0.15, 0.2) is 58.5 Å². The molecule has 144 valence electrons. The summed E-state index contributed by atoms with van der Waals surface area (Å²) in [6.45, 7) is 4.76. The molecule has 3 aromatic rings. The predicted octanol–water partition coefficient (Wildman–Crippen LogP) is 4.31. The van der Waals surface area contributed by atoms with Crippen LogP contribution in [0.3, 0.4) is 0 Å². The van der Waals surface area contributed by atoms with Crippen molar-refractivity contribution in [2.45, 2.75) is 43.0 Å². The lowest BCUT2D eigenvalue weighted by Crippen LogP contribution is -2.23. The number of fused-ring (bicyclic) bond motifs is 1. The smallest absolute Gasteiger partial charge is 0.319 e. The third kappa shape index (κ3) is 3.44. The molecule has 6 heteroatoms. The molecule has 0 amide bonds. The van der Waals surface area contributed by atoms with Gasteiger partial charge in [0.2, 0.25) is 0 Å². The van der Waals surface area contributed by atoms with Crippen LogP contribution in [0.5, 0.6) is 0 Å². The van der Waals surface area contributed by atoms with Crippen LogP contribution in [-0.2, 0) is 9.53 Å². The number of carbonyl (C=O) groups is 1. The van der Waals surface area contributed by atoms with E-state index in [9.17, 15) is 9.59 Å². The van der Waals surface area contributed by atoms with Gasteiger partial charge in [0.15, 0.2) is 5.16 Å². The molecule has 2 atom stereocenters. The highest BCUT2D eigenvalue weighted by molar-refractivity contribution is 8.00. The maximum atomic E-state index is 13.3. The molecule has 5 nitrogen and oxygen atoms in total. The van der Waals surface area contributed by atoms with Gasteiger partial charge in [-0.15, -0.1) is 0 Å². The Morgan fingerprint density at radius 2 is 1.93 bits per heavy atom.